The van der Waals surface area contributed by atoms with E-state index in [2.05, 4.69) is 11.4 Å². The van der Waals surface area contributed by atoms with Gasteiger partial charge in [0.2, 0.25) is 6.10 Å². The number of carbonyl (C=O) groups is 1. The van der Waals surface area contributed by atoms with Crippen LogP contribution in [0.15, 0.2) is 72.8 Å². The second-order valence-electron chi connectivity index (χ2n) is 5.86. The van der Waals surface area contributed by atoms with Crippen LogP contribution in [-0.2, 0) is 4.79 Å². The van der Waals surface area contributed by atoms with E-state index in [9.17, 15) is 10.1 Å². The molecule has 0 aliphatic rings. The fourth-order valence-corrected chi connectivity index (χ4v) is 2.90. The van der Waals surface area contributed by atoms with Gasteiger partial charge in [0.15, 0.2) is 0 Å². The third-order valence-electron chi connectivity index (χ3n) is 4.01. The highest BCUT2D eigenvalue weighted by molar-refractivity contribution is 6.32. The Bertz CT molecular complexity index is 1020. The van der Waals surface area contributed by atoms with Crippen LogP contribution < -0.4 is 14.8 Å². The van der Waals surface area contributed by atoms with E-state index in [1.807, 2.05) is 18.2 Å². The molecule has 1 atom stereocenters. The molecule has 0 aliphatic carbocycles. The molecule has 140 valence electrons. The number of amides is 1. The van der Waals surface area contributed by atoms with Crippen molar-refractivity contribution in [2.75, 3.05) is 12.4 Å². The van der Waals surface area contributed by atoms with Crippen LogP contribution in [-0.4, -0.2) is 13.0 Å². The third kappa shape index (κ3) is 4.43. The minimum absolute atomic E-state index is 0.335. The number of hydrogen-bond donors (Lipinski definition) is 1. The fourth-order valence-electron chi connectivity index (χ4n) is 2.64. The lowest BCUT2D eigenvalue weighted by Gasteiger charge is -2.20. The molecule has 6 heteroatoms. The Morgan fingerprint density at radius 2 is 1.75 bits per heavy atom. The third-order valence-corrected chi connectivity index (χ3v) is 4.31. The molecule has 3 aromatic carbocycles. The molecular weight excluding hydrogens is 376 g/mol. The number of hydrogen-bond acceptors (Lipinski definition) is 4. The molecule has 0 aliphatic heterocycles. The van der Waals surface area contributed by atoms with Crippen LogP contribution in [0.1, 0.15) is 17.2 Å². The van der Waals surface area contributed by atoms with Crippen LogP contribution in [0, 0.1) is 11.3 Å². The average Bonchev–Trinajstić information content (AvgIpc) is 2.73. The van der Waals surface area contributed by atoms with Crippen molar-refractivity contribution in [3.8, 4) is 17.6 Å². The maximum atomic E-state index is 13.0. The molecule has 3 rings (SSSR count). The zero-order valence-electron chi connectivity index (χ0n) is 15.1. The number of para-hydroxylation sites is 1. The molecule has 0 heterocycles. The Hall–Kier alpha value is -3.49. The highest BCUT2D eigenvalue weighted by Crippen LogP contribution is 2.29. The van der Waals surface area contributed by atoms with Crippen LogP contribution >= 0.6 is 11.6 Å². The van der Waals surface area contributed by atoms with Crippen LogP contribution in [0.3, 0.4) is 0 Å². The first kappa shape index (κ1) is 19.3. The molecular formula is C22H17ClN2O3. The van der Waals surface area contributed by atoms with Crippen molar-refractivity contribution < 1.29 is 14.3 Å². The van der Waals surface area contributed by atoms with E-state index in [1.54, 1.807) is 54.6 Å². The second-order valence-corrected chi connectivity index (χ2v) is 6.26. The zero-order valence-corrected chi connectivity index (χ0v) is 15.8. The molecule has 3 aromatic rings. The van der Waals surface area contributed by atoms with Gasteiger partial charge in [0.25, 0.3) is 5.91 Å². The number of benzene rings is 3. The van der Waals surface area contributed by atoms with Crippen molar-refractivity contribution in [1.29, 1.82) is 5.26 Å². The number of methoxy groups -OCH3 is 1. The predicted octanol–water partition coefficient (Wildman–Crippen LogP) is 4.98. The van der Waals surface area contributed by atoms with Gasteiger partial charge in [-0.15, -0.1) is 0 Å². The largest absolute Gasteiger partial charge is 0.495 e. The minimum Gasteiger partial charge on any atom is -0.495 e. The monoisotopic (exact) mass is 392 g/mol. The lowest BCUT2D eigenvalue weighted by Crippen LogP contribution is -2.26. The summed E-state index contributed by atoms with van der Waals surface area (Å²) in [7, 11) is 1.52. The van der Waals surface area contributed by atoms with Gasteiger partial charge >= 0.3 is 0 Å². The Morgan fingerprint density at radius 3 is 2.43 bits per heavy atom. The van der Waals surface area contributed by atoms with Gasteiger partial charge in [-0.2, -0.15) is 5.26 Å². The molecule has 0 bridgehead atoms. The van der Waals surface area contributed by atoms with Crippen molar-refractivity contribution in [2.24, 2.45) is 0 Å². The zero-order chi connectivity index (χ0) is 19.9. The number of halogens is 1. The Labute approximate surface area is 168 Å². The highest BCUT2D eigenvalue weighted by atomic mass is 35.5. The van der Waals surface area contributed by atoms with Gasteiger partial charge in [-0.25, -0.2) is 0 Å². The van der Waals surface area contributed by atoms with Crippen molar-refractivity contribution in [3.05, 3.63) is 88.9 Å². The summed E-state index contributed by atoms with van der Waals surface area (Å²) in [5.74, 6) is 0.459. The van der Waals surface area contributed by atoms with Gasteiger partial charge in [-0.3, -0.25) is 4.79 Å². The van der Waals surface area contributed by atoms with E-state index >= 15 is 0 Å². The number of nitrogens with one attached hydrogen (secondary N) is 1. The van der Waals surface area contributed by atoms with Crippen LogP contribution in [0.2, 0.25) is 5.02 Å². The lowest BCUT2D eigenvalue weighted by atomic mass is 10.1. The normalized spacial score (nSPS) is 11.2. The number of ether oxygens (including phenoxy) is 2. The molecule has 1 amide bonds. The summed E-state index contributed by atoms with van der Waals surface area (Å²) < 4.78 is 11.1. The topological polar surface area (TPSA) is 71.3 Å². The molecule has 0 saturated carbocycles. The average molecular weight is 393 g/mol. The number of rotatable bonds is 6. The summed E-state index contributed by atoms with van der Waals surface area (Å²) in [6.07, 6.45) is -0.948. The summed E-state index contributed by atoms with van der Waals surface area (Å²) in [5, 5.41) is 12.5. The molecule has 0 unspecified atom stereocenters. The number of nitriles is 1. The number of nitrogens with zero attached hydrogens (tertiary/aromatic N) is 1. The number of carbonyl (C=O) groups excluding carboxylic acids is 1. The van der Waals surface area contributed by atoms with Crippen molar-refractivity contribution in [3.63, 3.8) is 0 Å². The first-order valence-corrected chi connectivity index (χ1v) is 8.85. The predicted molar refractivity (Wildman–Crippen MR) is 108 cm³/mol. The maximum Gasteiger partial charge on any atom is 0.270 e. The fraction of sp³-hybridized carbons (Fsp3) is 0.0909. The van der Waals surface area contributed by atoms with Crippen molar-refractivity contribution in [1.82, 2.24) is 0 Å². The number of anilines is 1. The van der Waals surface area contributed by atoms with Gasteiger partial charge in [0, 0.05) is 11.3 Å². The van der Waals surface area contributed by atoms with Crippen molar-refractivity contribution >= 4 is 23.2 Å². The van der Waals surface area contributed by atoms with Gasteiger partial charge in [0.05, 0.1) is 17.7 Å². The van der Waals surface area contributed by atoms with Crippen LogP contribution in [0.25, 0.3) is 0 Å². The summed E-state index contributed by atoms with van der Waals surface area (Å²) in [6.45, 7) is 0. The van der Waals surface area contributed by atoms with Gasteiger partial charge in [-0.05, 0) is 30.3 Å². The molecule has 0 radical (unpaired) electrons. The summed E-state index contributed by atoms with van der Waals surface area (Å²) in [6, 6.07) is 22.9. The maximum absolute atomic E-state index is 13.0. The first-order valence-electron chi connectivity index (χ1n) is 8.47. The molecule has 28 heavy (non-hydrogen) atoms. The quantitative estimate of drug-likeness (QED) is 0.642. The highest BCUT2D eigenvalue weighted by Gasteiger charge is 2.24. The molecule has 1 N–H and O–H groups in total. The van der Waals surface area contributed by atoms with E-state index in [-0.39, 0.29) is 5.91 Å². The van der Waals surface area contributed by atoms with Gasteiger partial charge < -0.3 is 14.8 Å². The minimum atomic E-state index is -0.948. The van der Waals surface area contributed by atoms with Crippen LogP contribution in [0.4, 0.5) is 5.69 Å². The second kappa shape index (κ2) is 8.94. The molecule has 0 fully saturated rings. The van der Waals surface area contributed by atoms with Crippen LogP contribution in [0.5, 0.6) is 11.5 Å². The standard InChI is InChI=1S/C22H17ClN2O3/c1-27-20-12-11-17(13-18(20)23)25-22(26)21(15-7-3-2-4-8-15)28-19-10-6-5-9-16(19)14-24/h2-13,21H,1H3,(H,25,26)/t21-/m1/s1. The Morgan fingerprint density at radius 1 is 1.04 bits per heavy atom. The SMILES string of the molecule is COc1ccc(NC(=O)[C@H](Oc2ccccc2C#N)c2ccccc2)cc1Cl. The summed E-state index contributed by atoms with van der Waals surface area (Å²) in [4.78, 5) is 13.0. The van der Waals surface area contributed by atoms with Gasteiger partial charge in [-0.1, -0.05) is 54.1 Å². The van der Waals surface area contributed by atoms with Gasteiger partial charge in [0.1, 0.15) is 17.6 Å². The molecule has 0 saturated heterocycles. The smallest absolute Gasteiger partial charge is 0.270 e. The van der Waals surface area contributed by atoms with Crippen molar-refractivity contribution in [2.45, 2.75) is 6.10 Å². The molecule has 5 nitrogen and oxygen atoms in total. The molecule has 0 aromatic heterocycles. The summed E-state index contributed by atoms with van der Waals surface area (Å²) >= 11 is 6.14. The molecule has 0 spiro atoms. The summed E-state index contributed by atoms with van der Waals surface area (Å²) in [5.41, 5.74) is 1.52. The van der Waals surface area contributed by atoms with E-state index in [0.29, 0.717) is 33.3 Å². The lowest BCUT2D eigenvalue weighted by molar-refractivity contribution is -0.123. The van der Waals surface area contributed by atoms with E-state index < -0.39 is 6.10 Å². The van der Waals surface area contributed by atoms with E-state index in [0.717, 1.165) is 0 Å². The van der Waals surface area contributed by atoms with E-state index in [4.69, 9.17) is 21.1 Å². The van der Waals surface area contributed by atoms with E-state index in [1.165, 1.54) is 7.11 Å². The first-order chi connectivity index (χ1) is 13.6. The Balaban J connectivity index is 1.90. The Kier molecular flexibility index (Phi) is 6.15.